The zero-order valence-electron chi connectivity index (χ0n) is 14.7. The first-order chi connectivity index (χ1) is 12.5. The first kappa shape index (κ1) is 18.5. The zero-order valence-corrected chi connectivity index (χ0v) is 16.2. The van der Waals surface area contributed by atoms with Crippen molar-refractivity contribution in [1.29, 1.82) is 0 Å². The Morgan fingerprint density at radius 1 is 0.962 bits per heavy atom. The average molecular weight is 384 g/mol. The summed E-state index contributed by atoms with van der Waals surface area (Å²) in [7, 11) is 0. The largest absolute Gasteiger partial charge is 0.489 e. The lowest BCUT2D eigenvalue weighted by molar-refractivity contribution is 0.306. The SMILES string of the molecule is Cc1ccc(N=Cc2cccc(OCc3ccc(Cl)cc3Cl)c2)c(C)c1. The zero-order chi connectivity index (χ0) is 18.5. The van der Waals surface area contributed by atoms with E-state index in [1.165, 1.54) is 5.56 Å². The maximum atomic E-state index is 6.18. The third-order valence-corrected chi connectivity index (χ3v) is 4.56. The number of halogens is 2. The van der Waals surface area contributed by atoms with Gasteiger partial charge in [-0.25, -0.2) is 0 Å². The van der Waals surface area contributed by atoms with Crippen LogP contribution < -0.4 is 4.74 Å². The summed E-state index contributed by atoms with van der Waals surface area (Å²) in [5.41, 5.74) is 5.23. The molecule has 0 heterocycles. The van der Waals surface area contributed by atoms with E-state index in [9.17, 15) is 0 Å². The summed E-state index contributed by atoms with van der Waals surface area (Å²) >= 11 is 12.1. The van der Waals surface area contributed by atoms with Gasteiger partial charge in [0.1, 0.15) is 12.4 Å². The van der Waals surface area contributed by atoms with Crippen LogP contribution in [0, 0.1) is 13.8 Å². The van der Waals surface area contributed by atoms with Crippen LogP contribution in [-0.2, 0) is 6.61 Å². The molecule has 0 fully saturated rings. The van der Waals surface area contributed by atoms with Crippen LogP contribution in [0.2, 0.25) is 10.0 Å². The van der Waals surface area contributed by atoms with Crippen molar-refractivity contribution in [3.05, 3.63) is 93.0 Å². The van der Waals surface area contributed by atoms with Gasteiger partial charge in [0.05, 0.1) is 5.69 Å². The van der Waals surface area contributed by atoms with Gasteiger partial charge in [-0.3, -0.25) is 4.99 Å². The predicted octanol–water partition coefficient (Wildman–Crippen LogP) is 6.94. The van der Waals surface area contributed by atoms with E-state index in [0.717, 1.165) is 28.1 Å². The molecule has 2 nitrogen and oxygen atoms in total. The minimum atomic E-state index is 0.383. The molecule has 0 spiro atoms. The summed E-state index contributed by atoms with van der Waals surface area (Å²) in [5.74, 6) is 0.764. The number of benzene rings is 3. The van der Waals surface area contributed by atoms with Gasteiger partial charge in [-0.15, -0.1) is 0 Å². The molecule has 3 aromatic carbocycles. The summed E-state index contributed by atoms with van der Waals surface area (Å²) in [5, 5.41) is 1.22. The van der Waals surface area contributed by atoms with Gasteiger partial charge in [-0.2, -0.15) is 0 Å². The van der Waals surface area contributed by atoms with E-state index >= 15 is 0 Å². The van der Waals surface area contributed by atoms with Crippen molar-refractivity contribution >= 4 is 35.1 Å². The minimum absolute atomic E-state index is 0.383. The van der Waals surface area contributed by atoms with Crippen molar-refractivity contribution in [3.63, 3.8) is 0 Å². The van der Waals surface area contributed by atoms with Crippen LogP contribution in [0.5, 0.6) is 5.75 Å². The van der Waals surface area contributed by atoms with E-state index in [0.29, 0.717) is 16.7 Å². The summed E-state index contributed by atoms with van der Waals surface area (Å²) in [6.07, 6.45) is 1.85. The van der Waals surface area contributed by atoms with Crippen LogP contribution in [0.3, 0.4) is 0 Å². The fourth-order valence-electron chi connectivity index (χ4n) is 2.58. The van der Waals surface area contributed by atoms with E-state index in [1.807, 2.05) is 42.6 Å². The Kier molecular flexibility index (Phi) is 5.97. The summed E-state index contributed by atoms with van der Waals surface area (Å²) in [6, 6.07) is 19.4. The molecule has 0 saturated heterocycles. The first-order valence-electron chi connectivity index (χ1n) is 8.29. The van der Waals surface area contributed by atoms with Crippen LogP contribution in [0.15, 0.2) is 65.7 Å². The van der Waals surface area contributed by atoms with Crippen molar-refractivity contribution in [2.45, 2.75) is 20.5 Å². The second kappa shape index (κ2) is 8.39. The summed E-state index contributed by atoms with van der Waals surface area (Å²) < 4.78 is 5.86. The Hall–Kier alpha value is -2.29. The van der Waals surface area contributed by atoms with Gasteiger partial charge in [0, 0.05) is 21.8 Å². The third kappa shape index (κ3) is 4.87. The molecule has 0 radical (unpaired) electrons. The highest BCUT2D eigenvalue weighted by atomic mass is 35.5. The number of hydrogen-bond acceptors (Lipinski definition) is 2. The Bertz CT molecular complexity index is 951. The quantitative estimate of drug-likeness (QED) is 0.437. The molecule has 0 unspecified atom stereocenters. The van der Waals surface area contributed by atoms with Crippen molar-refractivity contribution < 1.29 is 4.74 Å². The number of hydrogen-bond donors (Lipinski definition) is 0. The van der Waals surface area contributed by atoms with Crippen molar-refractivity contribution in [3.8, 4) is 5.75 Å². The van der Waals surface area contributed by atoms with Crippen LogP contribution in [0.1, 0.15) is 22.3 Å². The standard InChI is InChI=1S/C22H19Cl2NO/c1-15-6-9-22(16(2)10-15)25-13-17-4-3-5-20(11-17)26-14-18-7-8-19(23)12-21(18)24/h3-13H,14H2,1-2H3. The predicted molar refractivity (Wildman–Crippen MR) is 110 cm³/mol. The number of aryl methyl sites for hydroxylation is 2. The smallest absolute Gasteiger partial charge is 0.120 e. The molecule has 0 aliphatic heterocycles. The molecule has 0 aliphatic rings. The second-order valence-corrected chi connectivity index (χ2v) is 6.99. The van der Waals surface area contributed by atoms with E-state index in [-0.39, 0.29) is 0 Å². The lowest BCUT2D eigenvalue weighted by Crippen LogP contribution is -1.96. The van der Waals surface area contributed by atoms with Crippen molar-refractivity contribution in [2.24, 2.45) is 4.99 Å². The number of nitrogens with zero attached hydrogens (tertiary/aromatic N) is 1. The molecule has 0 atom stereocenters. The summed E-state index contributed by atoms with van der Waals surface area (Å²) in [4.78, 5) is 4.58. The Morgan fingerprint density at radius 3 is 2.58 bits per heavy atom. The molecule has 26 heavy (non-hydrogen) atoms. The third-order valence-electron chi connectivity index (χ3n) is 3.97. The molecule has 4 heteroatoms. The molecule has 0 saturated carbocycles. The molecule has 132 valence electrons. The van der Waals surface area contributed by atoms with Gasteiger partial charge in [-0.1, -0.05) is 59.1 Å². The molecule has 3 aromatic rings. The topological polar surface area (TPSA) is 21.6 Å². The van der Waals surface area contributed by atoms with Crippen LogP contribution in [-0.4, -0.2) is 6.21 Å². The lowest BCUT2D eigenvalue weighted by atomic mass is 10.1. The Morgan fingerprint density at radius 2 is 1.81 bits per heavy atom. The molecule has 0 aromatic heterocycles. The second-order valence-electron chi connectivity index (χ2n) is 6.15. The van der Waals surface area contributed by atoms with Crippen LogP contribution >= 0.6 is 23.2 Å². The van der Waals surface area contributed by atoms with Crippen molar-refractivity contribution in [1.82, 2.24) is 0 Å². The van der Waals surface area contributed by atoms with E-state index in [4.69, 9.17) is 27.9 Å². The summed E-state index contributed by atoms with van der Waals surface area (Å²) in [6.45, 7) is 4.52. The Labute approximate surface area is 164 Å². The van der Waals surface area contributed by atoms with Crippen LogP contribution in [0.4, 0.5) is 5.69 Å². The highest BCUT2D eigenvalue weighted by Crippen LogP contribution is 2.23. The maximum Gasteiger partial charge on any atom is 0.120 e. The fraction of sp³-hybridized carbons (Fsp3) is 0.136. The van der Waals surface area contributed by atoms with E-state index in [2.05, 4.69) is 31.0 Å². The number of rotatable bonds is 5. The molecule has 0 bridgehead atoms. The minimum Gasteiger partial charge on any atom is -0.489 e. The monoisotopic (exact) mass is 383 g/mol. The normalized spacial score (nSPS) is 11.1. The van der Waals surface area contributed by atoms with Gasteiger partial charge in [0.25, 0.3) is 0 Å². The van der Waals surface area contributed by atoms with E-state index in [1.54, 1.807) is 12.1 Å². The van der Waals surface area contributed by atoms with Crippen LogP contribution in [0.25, 0.3) is 0 Å². The maximum absolute atomic E-state index is 6.18. The van der Waals surface area contributed by atoms with Crippen molar-refractivity contribution in [2.75, 3.05) is 0 Å². The molecular formula is C22H19Cl2NO. The molecule has 0 aliphatic carbocycles. The van der Waals surface area contributed by atoms with Gasteiger partial charge in [0.15, 0.2) is 0 Å². The number of ether oxygens (including phenoxy) is 1. The molecule has 0 N–H and O–H groups in total. The number of aliphatic imine (C=N–C) groups is 1. The highest BCUT2D eigenvalue weighted by molar-refractivity contribution is 6.35. The fourth-order valence-corrected chi connectivity index (χ4v) is 3.04. The average Bonchev–Trinajstić information content (AvgIpc) is 2.61. The highest BCUT2D eigenvalue weighted by Gasteiger charge is 2.03. The molecule has 0 amide bonds. The van der Waals surface area contributed by atoms with Gasteiger partial charge < -0.3 is 4.74 Å². The van der Waals surface area contributed by atoms with Gasteiger partial charge in [-0.05, 0) is 55.3 Å². The Balaban J connectivity index is 1.70. The molecule has 3 rings (SSSR count). The lowest BCUT2D eigenvalue weighted by Gasteiger charge is -2.08. The van der Waals surface area contributed by atoms with Gasteiger partial charge >= 0.3 is 0 Å². The molecular weight excluding hydrogens is 365 g/mol. The van der Waals surface area contributed by atoms with Gasteiger partial charge in [0.2, 0.25) is 0 Å². The first-order valence-corrected chi connectivity index (χ1v) is 9.05. The van der Waals surface area contributed by atoms with E-state index < -0.39 is 0 Å².